The molecule has 0 aliphatic carbocycles. The third-order valence-electron chi connectivity index (χ3n) is 2.28. The van der Waals surface area contributed by atoms with E-state index in [-0.39, 0.29) is 6.04 Å². The van der Waals surface area contributed by atoms with Gasteiger partial charge >= 0.3 is 0 Å². The maximum absolute atomic E-state index is 5.94. The maximum atomic E-state index is 5.94. The summed E-state index contributed by atoms with van der Waals surface area (Å²) in [7, 11) is 1.68. The minimum absolute atomic E-state index is 0.149. The number of methoxy groups -OCH3 is 1. The van der Waals surface area contributed by atoms with Crippen LogP contribution >= 0.6 is 0 Å². The molecule has 5 heteroatoms. The van der Waals surface area contributed by atoms with Crippen molar-refractivity contribution in [3.05, 3.63) is 11.7 Å². The summed E-state index contributed by atoms with van der Waals surface area (Å²) in [5.74, 6) is 1.78. The van der Waals surface area contributed by atoms with Gasteiger partial charge in [0, 0.05) is 20.1 Å². The number of nitrogens with two attached hydrogens (primary N) is 1. The van der Waals surface area contributed by atoms with E-state index in [1.807, 2.05) is 0 Å². The van der Waals surface area contributed by atoms with E-state index in [4.69, 9.17) is 15.0 Å². The Balaban J connectivity index is 2.44. The molecule has 92 valence electrons. The van der Waals surface area contributed by atoms with E-state index in [2.05, 4.69) is 24.0 Å². The maximum Gasteiger partial charge on any atom is 0.243 e. The summed E-state index contributed by atoms with van der Waals surface area (Å²) in [5.41, 5.74) is 5.94. The number of nitrogens with zero attached hydrogens (tertiary/aromatic N) is 2. The Labute approximate surface area is 96.4 Å². The van der Waals surface area contributed by atoms with E-state index in [0.717, 1.165) is 19.3 Å². The zero-order valence-electron chi connectivity index (χ0n) is 10.3. The van der Waals surface area contributed by atoms with Gasteiger partial charge in [0.25, 0.3) is 0 Å². The largest absolute Gasteiger partial charge is 0.385 e. The van der Waals surface area contributed by atoms with Gasteiger partial charge < -0.3 is 15.0 Å². The molecular formula is C11H21N3O2. The first-order valence-corrected chi connectivity index (χ1v) is 5.70. The molecule has 1 atom stereocenters. The van der Waals surface area contributed by atoms with E-state index in [0.29, 0.717) is 24.2 Å². The Bertz CT molecular complexity index is 299. The van der Waals surface area contributed by atoms with E-state index < -0.39 is 0 Å². The van der Waals surface area contributed by atoms with Crippen LogP contribution in [0.5, 0.6) is 0 Å². The highest BCUT2D eigenvalue weighted by atomic mass is 16.5. The fourth-order valence-electron chi connectivity index (χ4n) is 1.50. The average molecular weight is 227 g/mol. The van der Waals surface area contributed by atoms with Gasteiger partial charge in [-0.1, -0.05) is 19.0 Å². The van der Waals surface area contributed by atoms with Gasteiger partial charge in [0.1, 0.15) is 0 Å². The second-order valence-corrected chi connectivity index (χ2v) is 4.38. The number of hydrogen-bond acceptors (Lipinski definition) is 5. The summed E-state index contributed by atoms with van der Waals surface area (Å²) in [4.78, 5) is 4.28. The summed E-state index contributed by atoms with van der Waals surface area (Å²) in [5, 5.41) is 3.89. The summed E-state index contributed by atoms with van der Waals surface area (Å²) >= 11 is 0. The van der Waals surface area contributed by atoms with Crippen LogP contribution in [0.1, 0.15) is 44.4 Å². The molecule has 5 nitrogen and oxygen atoms in total. The van der Waals surface area contributed by atoms with Gasteiger partial charge in [-0.05, 0) is 18.8 Å². The first-order valence-electron chi connectivity index (χ1n) is 5.70. The molecule has 1 rings (SSSR count). The Morgan fingerprint density at radius 2 is 2.19 bits per heavy atom. The molecule has 2 N–H and O–H groups in total. The second-order valence-electron chi connectivity index (χ2n) is 4.38. The molecule has 0 saturated heterocycles. The molecule has 1 heterocycles. The van der Waals surface area contributed by atoms with Crippen molar-refractivity contribution in [2.75, 3.05) is 13.7 Å². The lowest BCUT2D eigenvalue weighted by atomic mass is 10.0. The van der Waals surface area contributed by atoms with Gasteiger partial charge in [0.15, 0.2) is 5.82 Å². The Hall–Kier alpha value is -0.940. The molecule has 0 aromatic carbocycles. The third-order valence-corrected chi connectivity index (χ3v) is 2.28. The topological polar surface area (TPSA) is 74.2 Å². The highest BCUT2D eigenvalue weighted by Crippen LogP contribution is 2.16. The first kappa shape index (κ1) is 13.1. The van der Waals surface area contributed by atoms with Crippen molar-refractivity contribution >= 4 is 0 Å². The van der Waals surface area contributed by atoms with Crippen LogP contribution in [0.2, 0.25) is 0 Å². The van der Waals surface area contributed by atoms with Crippen LogP contribution in [-0.2, 0) is 11.2 Å². The van der Waals surface area contributed by atoms with E-state index in [9.17, 15) is 0 Å². The van der Waals surface area contributed by atoms with Crippen molar-refractivity contribution in [2.24, 2.45) is 11.7 Å². The number of hydrogen-bond donors (Lipinski definition) is 1. The summed E-state index contributed by atoms with van der Waals surface area (Å²) in [6.07, 6.45) is 2.53. The van der Waals surface area contributed by atoms with Crippen LogP contribution < -0.4 is 5.73 Å². The van der Waals surface area contributed by atoms with Crippen LogP contribution in [-0.4, -0.2) is 23.9 Å². The van der Waals surface area contributed by atoms with Gasteiger partial charge in [0.2, 0.25) is 5.89 Å². The average Bonchev–Trinajstić information content (AvgIpc) is 2.66. The van der Waals surface area contributed by atoms with Crippen LogP contribution in [0, 0.1) is 5.92 Å². The molecule has 0 aliphatic heterocycles. The van der Waals surface area contributed by atoms with Gasteiger partial charge in [0.05, 0.1) is 6.04 Å². The molecule has 0 bridgehead atoms. The molecule has 0 unspecified atom stereocenters. The van der Waals surface area contributed by atoms with Crippen LogP contribution in [0.15, 0.2) is 4.52 Å². The minimum Gasteiger partial charge on any atom is -0.385 e. The summed E-state index contributed by atoms with van der Waals surface area (Å²) in [6, 6.07) is -0.149. The standard InChI is InChI=1S/C11H21N3O2/c1-8(2)7-9(12)11-13-10(14-16-11)5-4-6-15-3/h8-9H,4-7,12H2,1-3H3/t9-/m1/s1. The van der Waals surface area contributed by atoms with Gasteiger partial charge in [-0.2, -0.15) is 4.98 Å². The van der Waals surface area contributed by atoms with Gasteiger partial charge in [-0.25, -0.2) is 0 Å². The zero-order chi connectivity index (χ0) is 12.0. The van der Waals surface area contributed by atoms with Crippen LogP contribution in [0.25, 0.3) is 0 Å². The molecule has 0 spiro atoms. The van der Waals surface area contributed by atoms with Crippen molar-refractivity contribution in [3.8, 4) is 0 Å². The Morgan fingerprint density at radius 3 is 2.81 bits per heavy atom. The lowest BCUT2D eigenvalue weighted by molar-refractivity contribution is 0.194. The van der Waals surface area contributed by atoms with Crippen molar-refractivity contribution in [3.63, 3.8) is 0 Å². The minimum atomic E-state index is -0.149. The second kappa shape index (κ2) is 6.60. The smallest absolute Gasteiger partial charge is 0.243 e. The molecular weight excluding hydrogens is 206 g/mol. The molecule has 0 fully saturated rings. The first-order chi connectivity index (χ1) is 7.63. The molecule has 1 aromatic heterocycles. The number of aryl methyl sites for hydroxylation is 1. The molecule has 1 aromatic rings. The van der Waals surface area contributed by atoms with Gasteiger partial charge in [-0.3, -0.25) is 0 Å². The predicted molar refractivity (Wildman–Crippen MR) is 60.9 cm³/mol. The quantitative estimate of drug-likeness (QED) is 0.717. The monoisotopic (exact) mass is 227 g/mol. The third kappa shape index (κ3) is 4.28. The zero-order valence-corrected chi connectivity index (χ0v) is 10.3. The van der Waals surface area contributed by atoms with E-state index >= 15 is 0 Å². The lowest BCUT2D eigenvalue weighted by Gasteiger charge is -2.08. The van der Waals surface area contributed by atoms with Crippen molar-refractivity contribution in [2.45, 2.75) is 39.2 Å². The number of rotatable bonds is 7. The molecule has 16 heavy (non-hydrogen) atoms. The molecule has 0 saturated carbocycles. The van der Waals surface area contributed by atoms with Crippen molar-refractivity contribution in [1.82, 2.24) is 10.1 Å². The normalized spacial score (nSPS) is 13.3. The summed E-state index contributed by atoms with van der Waals surface area (Å²) in [6.45, 7) is 4.95. The predicted octanol–water partition coefficient (Wildman–Crippen LogP) is 1.69. The summed E-state index contributed by atoms with van der Waals surface area (Å²) < 4.78 is 10.1. The molecule has 0 radical (unpaired) electrons. The molecule has 0 amide bonds. The number of aromatic nitrogens is 2. The number of ether oxygens (including phenoxy) is 1. The fraction of sp³-hybridized carbons (Fsp3) is 0.818. The SMILES string of the molecule is COCCCc1noc([C@H](N)CC(C)C)n1. The van der Waals surface area contributed by atoms with Crippen LogP contribution in [0.4, 0.5) is 0 Å². The highest BCUT2D eigenvalue weighted by molar-refractivity contribution is 4.92. The van der Waals surface area contributed by atoms with Crippen molar-refractivity contribution in [1.29, 1.82) is 0 Å². The molecule has 0 aliphatic rings. The van der Waals surface area contributed by atoms with E-state index in [1.54, 1.807) is 7.11 Å². The van der Waals surface area contributed by atoms with Gasteiger partial charge in [-0.15, -0.1) is 0 Å². The van der Waals surface area contributed by atoms with E-state index in [1.165, 1.54) is 0 Å². The Morgan fingerprint density at radius 1 is 1.44 bits per heavy atom. The van der Waals surface area contributed by atoms with Crippen LogP contribution in [0.3, 0.4) is 0 Å². The lowest BCUT2D eigenvalue weighted by Crippen LogP contribution is -2.13. The highest BCUT2D eigenvalue weighted by Gasteiger charge is 2.15. The van der Waals surface area contributed by atoms with Crippen molar-refractivity contribution < 1.29 is 9.26 Å². The fourth-order valence-corrected chi connectivity index (χ4v) is 1.50. The Kier molecular flexibility index (Phi) is 5.42.